The van der Waals surface area contributed by atoms with Gasteiger partial charge in [0.15, 0.2) is 0 Å². The predicted octanol–water partition coefficient (Wildman–Crippen LogP) is 4.03. The molecule has 0 saturated carbocycles. The number of benzene rings is 1. The number of carbonyl (C=O) groups is 4. The van der Waals surface area contributed by atoms with Crippen LogP contribution in [0.15, 0.2) is 53.0 Å². The standard InChI is InChI=1S/C35H46BrN3O7/c1-21(19-40)39-29-31(43)38(34(5,6)20-33(2,3)4)16-12-8-11-15-25(41)37-18-24(22-13-9-7-10-14-22)45-32(44)26-27(30(39)42)35(29)17-23(36)28(26)46-35/h7-10,12-14,17,21,24,26-29,40H,11,15-16,18-20H2,1-6H3,(H,37,41)/b12-8-/t21-,24-,26-,27+,28-,29-,35+/m1/s1. The third kappa shape index (κ3) is 6.30. The van der Waals surface area contributed by atoms with Gasteiger partial charge in [-0.1, -0.05) is 79.2 Å². The highest BCUT2D eigenvalue weighted by molar-refractivity contribution is 9.11. The molecule has 5 bridgehead atoms. The Morgan fingerprint density at radius 2 is 1.76 bits per heavy atom. The number of cyclic esters (lactones) is 1. The lowest BCUT2D eigenvalue weighted by molar-refractivity contribution is -0.161. The van der Waals surface area contributed by atoms with Crippen molar-refractivity contribution in [3.05, 3.63) is 58.6 Å². The quantitative estimate of drug-likeness (QED) is 0.351. The van der Waals surface area contributed by atoms with Crippen LogP contribution < -0.4 is 5.32 Å². The Kier molecular flexibility index (Phi) is 9.61. The SMILES string of the molecule is C[C@H](CO)N1C(=O)[C@@H]2[C@H]3C(=O)O[C@@H](c4ccccc4)CNC(=O)CC/C=C\CN(C(C)(C)CC(C)(C)C)C(=O)[C@@H]1[C@]21C=C(Br)[C@H]3O1. The summed E-state index contributed by atoms with van der Waals surface area (Å²) in [6, 6.07) is 7.29. The number of esters is 1. The molecule has 2 saturated heterocycles. The maximum absolute atomic E-state index is 15.0. The van der Waals surface area contributed by atoms with Crippen molar-refractivity contribution < 1.29 is 33.8 Å². The van der Waals surface area contributed by atoms with E-state index in [1.165, 1.54) is 4.90 Å². The number of aliphatic hydroxyl groups excluding tert-OH is 1. The summed E-state index contributed by atoms with van der Waals surface area (Å²) in [7, 11) is 0. The second kappa shape index (κ2) is 12.9. The van der Waals surface area contributed by atoms with Crippen LogP contribution in [-0.2, 0) is 28.7 Å². The number of amides is 3. The lowest BCUT2D eigenvalue weighted by Crippen LogP contribution is -2.62. The molecule has 4 aliphatic heterocycles. The smallest absolute Gasteiger partial charge is 0.313 e. The van der Waals surface area contributed by atoms with Gasteiger partial charge >= 0.3 is 5.97 Å². The van der Waals surface area contributed by atoms with Gasteiger partial charge in [0.2, 0.25) is 17.7 Å². The normalized spacial score (nSPS) is 32.2. The van der Waals surface area contributed by atoms with E-state index in [1.54, 1.807) is 17.9 Å². The molecule has 0 unspecified atom stereocenters. The summed E-state index contributed by atoms with van der Waals surface area (Å²) >= 11 is 3.59. The zero-order chi connectivity index (χ0) is 33.6. The van der Waals surface area contributed by atoms with Crippen LogP contribution in [0.1, 0.15) is 72.5 Å². The number of fused-ring (bicyclic) bond motifs is 2. The molecule has 3 amide bonds. The molecule has 4 aliphatic rings. The van der Waals surface area contributed by atoms with Crippen LogP contribution in [0.3, 0.4) is 0 Å². The van der Waals surface area contributed by atoms with Crippen molar-refractivity contribution in [2.75, 3.05) is 19.7 Å². The molecule has 0 radical (unpaired) electrons. The molecule has 250 valence electrons. The molecule has 0 aromatic heterocycles. The zero-order valence-corrected chi connectivity index (χ0v) is 29.1. The van der Waals surface area contributed by atoms with Gasteiger partial charge in [-0.05, 0) is 50.7 Å². The minimum Gasteiger partial charge on any atom is -0.455 e. The first kappa shape index (κ1) is 34.3. The van der Waals surface area contributed by atoms with Gasteiger partial charge in [-0.3, -0.25) is 19.2 Å². The Morgan fingerprint density at radius 1 is 1.07 bits per heavy atom. The molecular weight excluding hydrogens is 654 g/mol. The van der Waals surface area contributed by atoms with Gasteiger partial charge < -0.3 is 29.7 Å². The second-order valence-corrected chi connectivity index (χ2v) is 15.7. The van der Waals surface area contributed by atoms with Gasteiger partial charge in [-0.25, -0.2) is 0 Å². The van der Waals surface area contributed by atoms with Gasteiger partial charge in [-0.15, -0.1) is 0 Å². The van der Waals surface area contributed by atoms with Crippen LogP contribution >= 0.6 is 15.9 Å². The number of allylic oxidation sites excluding steroid dienone is 1. The molecule has 11 heteroatoms. The van der Waals surface area contributed by atoms with E-state index < -0.39 is 59.1 Å². The first-order valence-electron chi connectivity index (χ1n) is 16.1. The summed E-state index contributed by atoms with van der Waals surface area (Å²) in [6.45, 7) is 12.0. The van der Waals surface area contributed by atoms with Crippen molar-refractivity contribution in [1.82, 2.24) is 15.1 Å². The van der Waals surface area contributed by atoms with Gasteiger partial charge in [0.1, 0.15) is 29.8 Å². The third-order valence-electron chi connectivity index (χ3n) is 9.48. The molecular formula is C35H46BrN3O7. The summed E-state index contributed by atoms with van der Waals surface area (Å²) in [5.41, 5.74) is -1.53. The lowest BCUT2D eigenvalue weighted by atomic mass is 9.74. The highest BCUT2D eigenvalue weighted by atomic mass is 79.9. The summed E-state index contributed by atoms with van der Waals surface area (Å²) in [4.78, 5) is 59.6. The van der Waals surface area contributed by atoms with Crippen LogP contribution in [-0.4, -0.2) is 87.6 Å². The number of hydrogen-bond acceptors (Lipinski definition) is 7. The summed E-state index contributed by atoms with van der Waals surface area (Å²) in [5, 5.41) is 13.2. The highest BCUT2D eigenvalue weighted by Crippen LogP contribution is 2.59. The Labute approximate surface area is 279 Å². The number of ether oxygens (including phenoxy) is 2. The van der Waals surface area contributed by atoms with E-state index in [0.717, 1.165) is 0 Å². The van der Waals surface area contributed by atoms with Crippen molar-refractivity contribution in [2.24, 2.45) is 17.3 Å². The Hall–Kier alpha value is -3.02. The number of likely N-dealkylation sites (tertiary alicyclic amines) is 1. The van der Waals surface area contributed by atoms with Crippen LogP contribution in [0.5, 0.6) is 0 Å². The number of nitrogens with zero attached hydrogens (tertiary/aromatic N) is 2. The maximum atomic E-state index is 15.0. The Morgan fingerprint density at radius 3 is 2.41 bits per heavy atom. The fourth-order valence-electron chi connectivity index (χ4n) is 7.87. The molecule has 46 heavy (non-hydrogen) atoms. The average molecular weight is 701 g/mol. The molecule has 1 aromatic rings. The molecule has 1 spiro atoms. The van der Waals surface area contributed by atoms with E-state index >= 15 is 4.79 Å². The number of rotatable bonds is 5. The van der Waals surface area contributed by atoms with E-state index in [-0.39, 0.29) is 43.3 Å². The second-order valence-electron chi connectivity index (χ2n) is 14.8. The minimum atomic E-state index is -1.45. The maximum Gasteiger partial charge on any atom is 0.313 e. The number of halogens is 1. The van der Waals surface area contributed by atoms with Crippen molar-refractivity contribution in [2.45, 2.75) is 96.2 Å². The Bertz CT molecular complexity index is 1420. The zero-order valence-electron chi connectivity index (χ0n) is 27.5. The first-order valence-corrected chi connectivity index (χ1v) is 16.9. The number of hydrogen-bond donors (Lipinski definition) is 2. The molecule has 10 nitrogen and oxygen atoms in total. The van der Waals surface area contributed by atoms with E-state index in [1.807, 2.05) is 56.3 Å². The monoisotopic (exact) mass is 699 g/mol. The van der Waals surface area contributed by atoms with E-state index in [9.17, 15) is 19.5 Å². The van der Waals surface area contributed by atoms with E-state index in [0.29, 0.717) is 22.9 Å². The fraction of sp³-hybridized carbons (Fsp3) is 0.600. The molecule has 7 atom stereocenters. The van der Waals surface area contributed by atoms with Crippen LogP contribution in [0.25, 0.3) is 0 Å². The van der Waals surface area contributed by atoms with Crippen LogP contribution in [0, 0.1) is 17.3 Å². The molecule has 2 N–H and O–H groups in total. The summed E-state index contributed by atoms with van der Waals surface area (Å²) in [6.07, 6.45) is 5.25. The van der Waals surface area contributed by atoms with Crippen molar-refractivity contribution >= 4 is 39.6 Å². The largest absolute Gasteiger partial charge is 0.455 e. The van der Waals surface area contributed by atoms with Crippen LogP contribution in [0.2, 0.25) is 0 Å². The van der Waals surface area contributed by atoms with Gasteiger partial charge in [0.05, 0.1) is 25.1 Å². The fourth-order valence-corrected chi connectivity index (χ4v) is 8.60. The van der Waals surface area contributed by atoms with Gasteiger partial charge in [0.25, 0.3) is 0 Å². The van der Waals surface area contributed by atoms with Gasteiger partial charge in [0, 0.05) is 23.0 Å². The van der Waals surface area contributed by atoms with Crippen molar-refractivity contribution in [3.8, 4) is 0 Å². The minimum absolute atomic E-state index is 0.0564. The Balaban J connectivity index is 1.63. The topological polar surface area (TPSA) is 125 Å². The number of nitrogens with one attached hydrogen (secondary N) is 1. The number of carbonyl (C=O) groups excluding carboxylic acids is 4. The molecule has 0 aliphatic carbocycles. The molecule has 1 aromatic carbocycles. The van der Waals surface area contributed by atoms with Crippen LogP contribution in [0.4, 0.5) is 0 Å². The summed E-state index contributed by atoms with van der Waals surface area (Å²) < 4.78 is 13.3. The van der Waals surface area contributed by atoms with Crippen molar-refractivity contribution in [1.29, 1.82) is 0 Å². The third-order valence-corrected chi connectivity index (χ3v) is 10.2. The van der Waals surface area contributed by atoms with E-state index in [2.05, 4.69) is 42.0 Å². The van der Waals surface area contributed by atoms with Gasteiger partial charge in [-0.2, -0.15) is 0 Å². The lowest BCUT2D eigenvalue weighted by Gasteiger charge is -2.46. The first-order chi connectivity index (χ1) is 21.6. The van der Waals surface area contributed by atoms with Crippen molar-refractivity contribution in [3.63, 3.8) is 0 Å². The average Bonchev–Trinajstić information content (AvgIpc) is 3.58. The molecule has 4 heterocycles. The summed E-state index contributed by atoms with van der Waals surface area (Å²) in [5.74, 6) is -3.70. The predicted molar refractivity (Wildman–Crippen MR) is 175 cm³/mol. The van der Waals surface area contributed by atoms with E-state index in [4.69, 9.17) is 9.47 Å². The number of aliphatic hydroxyl groups is 1. The molecule has 2 fully saturated rings. The highest BCUT2D eigenvalue weighted by Gasteiger charge is 2.75. The molecule has 5 rings (SSSR count).